The van der Waals surface area contributed by atoms with E-state index in [2.05, 4.69) is 26.2 Å². The molecule has 0 radical (unpaired) electrons. The van der Waals surface area contributed by atoms with E-state index in [4.69, 9.17) is 0 Å². The fraction of sp³-hybridized carbons (Fsp3) is 0.267. The Bertz CT molecular complexity index is 561. The SMILES string of the molecule is Cc1cc(CNCc2cccc(Br)n2)cc(C)c1F. The van der Waals surface area contributed by atoms with Gasteiger partial charge in [-0.2, -0.15) is 0 Å². The second-order valence-electron chi connectivity index (χ2n) is 4.60. The molecule has 2 nitrogen and oxygen atoms in total. The van der Waals surface area contributed by atoms with E-state index in [1.54, 1.807) is 13.8 Å². The summed E-state index contributed by atoms with van der Waals surface area (Å²) in [5, 5.41) is 3.31. The Hall–Kier alpha value is -1.26. The maximum absolute atomic E-state index is 13.5. The first-order valence-electron chi connectivity index (χ1n) is 6.14. The van der Waals surface area contributed by atoms with Crippen LogP contribution in [0.15, 0.2) is 34.9 Å². The molecular formula is C15H16BrFN2. The molecule has 1 aromatic carbocycles. The zero-order valence-electron chi connectivity index (χ0n) is 11.0. The molecule has 0 atom stereocenters. The Labute approximate surface area is 121 Å². The largest absolute Gasteiger partial charge is 0.307 e. The Kier molecular flexibility index (Phi) is 4.66. The summed E-state index contributed by atoms with van der Waals surface area (Å²) in [4.78, 5) is 4.35. The first-order valence-corrected chi connectivity index (χ1v) is 6.93. The van der Waals surface area contributed by atoms with Gasteiger partial charge in [0.2, 0.25) is 0 Å². The molecule has 100 valence electrons. The van der Waals surface area contributed by atoms with Gasteiger partial charge in [0.15, 0.2) is 0 Å². The molecule has 1 N–H and O–H groups in total. The highest BCUT2D eigenvalue weighted by Crippen LogP contribution is 2.14. The van der Waals surface area contributed by atoms with E-state index < -0.39 is 0 Å². The average Bonchev–Trinajstić information content (AvgIpc) is 2.36. The molecule has 2 aromatic rings. The fourth-order valence-corrected chi connectivity index (χ4v) is 2.40. The van der Waals surface area contributed by atoms with Crippen molar-refractivity contribution in [2.45, 2.75) is 26.9 Å². The molecule has 0 aliphatic heterocycles. The van der Waals surface area contributed by atoms with E-state index in [0.717, 1.165) is 15.9 Å². The van der Waals surface area contributed by atoms with E-state index in [0.29, 0.717) is 24.2 Å². The van der Waals surface area contributed by atoms with Crippen LogP contribution in [-0.4, -0.2) is 4.98 Å². The smallest absolute Gasteiger partial charge is 0.129 e. The summed E-state index contributed by atoms with van der Waals surface area (Å²) in [6, 6.07) is 9.59. The molecule has 0 saturated carbocycles. The first-order chi connectivity index (χ1) is 9.06. The van der Waals surface area contributed by atoms with Crippen LogP contribution in [0.1, 0.15) is 22.4 Å². The Morgan fingerprint density at radius 2 is 1.84 bits per heavy atom. The highest BCUT2D eigenvalue weighted by Gasteiger charge is 2.04. The quantitative estimate of drug-likeness (QED) is 0.864. The van der Waals surface area contributed by atoms with Gasteiger partial charge in [-0.3, -0.25) is 0 Å². The molecule has 19 heavy (non-hydrogen) atoms. The molecule has 0 spiro atoms. The lowest BCUT2D eigenvalue weighted by Gasteiger charge is -2.08. The third kappa shape index (κ3) is 3.85. The Morgan fingerprint density at radius 1 is 1.16 bits per heavy atom. The number of benzene rings is 1. The van der Waals surface area contributed by atoms with Crippen molar-refractivity contribution in [3.05, 3.63) is 63.1 Å². The van der Waals surface area contributed by atoms with Crippen molar-refractivity contribution in [2.24, 2.45) is 0 Å². The number of halogens is 2. The third-order valence-electron chi connectivity index (χ3n) is 2.90. The predicted molar refractivity (Wildman–Crippen MR) is 78.4 cm³/mol. The highest BCUT2D eigenvalue weighted by atomic mass is 79.9. The van der Waals surface area contributed by atoms with Gasteiger partial charge >= 0.3 is 0 Å². The average molecular weight is 323 g/mol. The van der Waals surface area contributed by atoms with E-state index >= 15 is 0 Å². The molecular weight excluding hydrogens is 307 g/mol. The molecule has 0 amide bonds. The van der Waals surface area contributed by atoms with Gasteiger partial charge in [0.05, 0.1) is 5.69 Å². The van der Waals surface area contributed by atoms with Crippen LogP contribution in [0, 0.1) is 19.7 Å². The third-order valence-corrected chi connectivity index (χ3v) is 3.35. The van der Waals surface area contributed by atoms with Crippen molar-refractivity contribution in [2.75, 3.05) is 0 Å². The van der Waals surface area contributed by atoms with Crippen LogP contribution in [0.3, 0.4) is 0 Å². The summed E-state index contributed by atoms with van der Waals surface area (Å²) >= 11 is 3.35. The summed E-state index contributed by atoms with van der Waals surface area (Å²) in [6.45, 7) is 4.98. The standard InChI is InChI=1S/C15H16BrFN2/c1-10-6-12(7-11(2)15(10)17)8-18-9-13-4-3-5-14(16)19-13/h3-7,18H,8-9H2,1-2H3. The van der Waals surface area contributed by atoms with Crippen LogP contribution in [-0.2, 0) is 13.1 Å². The minimum absolute atomic E-state index is 0.114. The van der Waals surface area contributed by atoms with Crippen molar-refractivity contribution in [3.8, 4) is 0 Å². The van der Waals surface area contributed by atoms with Crippen LogP contribution in [0.5, 0.6) is 0 Å². The molecule has 1 aromatic heterocycles. The zero-order valence-corrected chi connectivity index (χ0v) is 12.6. The van der Waals surface area contributed by atoms with Crippen molar-refractivity contribution < 1.29 is 4.39 Å². The van der Waals surface area contributed by atoms with Gasteiger partial charge in [-0.25, -0.2) is 9.37 Å². The maximum Gasteiger partial charge on any atom is 0.129 e. The first kappa shape index (κ1) is 14.2. The lowest BCUT2D eigenvalue weighted by Crippen LogP contribution is -2.14. The second kappa shape index (κ2) is 6.26. The maximum atomic E-state index is 13.5. The lowest BCUT2D eigenvalue weighted by atomic mass is 10.1. The Balaban J connectivity index is 1.96. The fourth-order valence-electron chi connectivity index (χ4n) is 2.02. The van der Waals surface area contributed by atoms with Crippen molar-refractivity contribution in [3.63, 3.8) is 0 Å². The van der Waals surface area contributed by atoms with Gasteiger partial charge in [-0.05, 0) is 58.6 Å². The molecule has 0 aliphatic rings. The topological polar surface area (TPSA) is 24.9 Å². The molecule has 0 bridgehead atoms. The number of hydrogen-bond acceptors (Lipinski definition) is 2. The zero-order chi connectivity index (χ0) is 13.8. The predicted octanol–water partition coefficient (Wildman–Crippen LogP) is 3.89. The normalized spacial score (nSPS) is 10.7. The number of aryl methyl sites for hydroxylation is 2. The number of nitrogens with one attached hydrogen (secondary N) is 1. The Morgan fingerprint density at radius 3 is 2.47 bits per heavy atom. The summed E-state index contributed by atoms with van der Waals surface area (Å²) in [5.74, 6) is -0.114. The number of pyridine rings is 1. The minimum atomic E-state index is -0.114. The molecule has 0 unspecified atom stereocenters. The van der Waals surface area contributed by atoms with Gasteiger partial charge in [0, 0.05) is 13.1 Å². The molecule has 0 aliphatic carbocycles. The molecule has 4 heteroatoms. The van der Waals surface area contributed by atoms with Gasteiger partial charge in [-0.1, -0.05) is 18.2 Å². The number of hydrogen-bond donors (Lipinski definition) is 1. The van der Waals surface area contributed by atoms with Gasteiger partial charge in [0.25, 0.3) is 0 Å². The van der Waals surface area contributed by atoms with Crippen LogP contribution >= 0.6 is 15.9 Å². The molecule has 0 fully saturated rings. The van der Waals surface area contributed by atoms with Gasteiger partial charge in [0.1, 0.15) is 10.4 Å². The number of nitrogens with zero attached hydrogens (tertiary/aromatic N) is 1. The number of rotatable bonds is 4. The van der Waals surface area contributed by atoms with E-state index in [1.165, 1.54) is 0 Å². The minimum Gasteiger partial charge on any atom is -0.307 e. The molecule has 0 saturated heterocycles. The molecule has 1 heterocycles. The van der Waals surface area contributed by atoms with Crippen molar-refractivity contribution in [1.29, 1.82) is 0 Å². The number of aromatic nitrogens is 1. The van der Waals surface area contributed by atoms with E-state index in [1.807, 2.05) is 30.3 Å². The van der Waals surface area contributed by atoms with Crippen LogP contribution in [0.2, 0.25) is 0 Å². The highest BCUT2D eigenvalue weighted by molar-refractivity contribution is 9.10. The van der Waals surface area contributed by atoms with Gasteiger partial charge < -0.3 is 5.32 Å². The van der Waals surface area contributed by atoms with Crippen LogP contribution in [0.25, 0.3) is 0 Å². The lowest BCUT2D eigenvalue weighted by molar-refractivity contribution is 0.605. The van der Waals surface area contributed by atoms with Crippen LogP contribution in [0.4, 0.5) is 4.39 Å². The monoisotopic (exact) mass is 322 g/mol. The summed E-state index contributed by atoms with van der Waals surface area (Å²) < 4.78 is 14.3. The molecule has 2 rings (SSSR count). The van der Waals surface area contributed by atoms with E-state index in [-0.39, 0.29) is 5.82 Å². The van der Waals surface area contributed by atoms with Crippen molar-refractivity contribution in [1.82, 2.24) is 10.3 Å². The van der Waals surface area contributed by atoms with Crippen molar-refractivity contribution >= 4 is 15.9 Å². The van der Waals surface area contributed by atoms with Crippen LogP contribution < -0.4 is 5.32 Å². The summed E-state index contributed by atoms with van der Waals surface area (Å²) in [7, 11) is 0. The van der Waals surface area contributed by atoms with E-state index in [9.17, 15) is 4.39 Å². The second-order valence-corrected chi connectivity index (χ2v) is 5.41. The summed E-state index contributed by atoms with van der Waals surface area (Å²) in [5.41, 5.74) is 3.45. The van der Waals surface area contributed by atoms with Gasteiger partial charge in [-0.15, -0.1) is 0 Å². The summed E-state index contributed by atoms with van der Waals surface area (Å²) in [6.07, 6.45) is 0.